The van der Waals surface area contributed by atoms with Gasteiger partial charge in [0.05, 0.1) is 6.61 Å². The van der Waals surface area contributed by atoms with Crippen molar-refractivity contribution in [1.82, 2.24) is 0 Å². The standard InChI is InChI=1S/C26H30ClNO/c1-19(2)17-23(28)18-29-26(21-9-5-4-6-10-21,22-15-13-20(3)14-16-22)24-11-7-8-12-25(24)27/h4-16,19,23H,17-18,28H2,1-3H3/t23-,26?/m0/s1. The third-order valence-electron chi connectivity index (χ3n) is 5.18. The lowest BCUT2D eigenvalue weighted by molar-refractivity contribution is 0.00279. The van der Waals surface area contributed by atoms with Crippen molar-refractivity contribution in [1.29, 1.82) is 0 Å². The Kier molecular flexibility index (Phi) is 7.13. The van der Waals surface area contributed by atoms with E-state index in [2.05, 4.69) is 57.2 Å². The number of hydrogen-bond donors (Lipinski definition) is 1. The summed E-state index contributed by atoms with van der Waals surface area (Å²) in [6.07, 6.45) is 0.904. The lowest BCUT2D eigenvalue weighted by atomic mass is 9.79. The van der Waals surface area contributed by atoms with E-state index < -0.39 is 5.60 Å². The molecule has 3 rings (SSSR count). The highest BCUT2D eigenvalue weighted by Gasteiger charge is 2.39. The first-order chi connectivity index (χ1) is 13.9. The second-order valence-electron chi connectivity index (χ2n) is 8.09. The van der Waals surface area contributed by atoms with Gasteiger partial charge in [0.2, 0.25) is 0 Å². The minimum Gasteiger partial charge on any atom is -0.359 e. The van der Waals surface area contributed by atoms with Crippen LogP contribution in [0.3, 0.4) is 0 Å². The van der Waals surface area contributed by atoms with Gasteiger partial charge in [0.1, 0.15) is 5.60 Å². The van der Waals surface area contributed by atoms with E-state index in [1.165, 1.54) is 5.56 Å². The number of ether oxygens (including phenoxy) is 1. The number of nitrogens with two attached hydrogens (primary N) is 1. The summed E-state index contributed by atoms with van der Waals surface area (Å²) in [4.78, 5) is 0. The second kappa shape index (κ2) is 9.58. The number of rotatable bonds is 8. The van der Waals surface area contributed by atoms with Crippen LogP contribution in [0.2, 0.25) is 5.02 Å². The average Bonchev–Trinajstić information content (AvgIpc) is 2.71. The maximum Gasteiger partial charge on any atom is 0.145 e. The third-order valence-corrected chi connectivity index (χ3v) is 5.51. The molecule has 0 fully saturated rings. The van der Waals surface area contributed by atoms with Crippen molar-refractivity contribution in [2.24, 2.45) is 11.7 Å². The van der Waals surface area contributed by atoms with Crippen LogP contribution in [0.15, 0.2) is 78.9 Å². The van der Waals surface area contributed by atoms with Crippen LogP contribution in [-0.4, -0.2) is 12.6 Å². The van der Waals surface area contributed by atoms with Gasteiger partial charge in [-0.25, -0.2) is 0 Å². The van der Waals surface area contributed by atoms with Crippen LogP contribution >= 0.6 is 11.6 Å². The molecule has 0 aliphatic rings. The summed E-state index contributed by atoms with van der Waals surface area (Å²) in [5.74, 6) is 0.513. The molecule has 0 saturated heterocycles. The fraction of sp³-hybridized carbons (Fsp3) is 0.308. The highest BCUT2D eigenvalue weighted by Crippen LogP contribution is 2.43. The van der Waals surface area contributed by atoms with Crippen LogP contribution in [0, 0.1) is 12.8 Å². The van der Waals surface area contributed by atoms with Gasteiger partial charge in [-0.1, -0.05) is 104 Å². The van der Waals surface area contributed by atoms with Gasteiger partial charge in [-0.15, -0.1) is 0 Å². The van der Waals surface area contributed by atoms with E-state index >= 15 is 0 Å². The monoisotopic (exact) mass is 407 g/mol. The summed E-state index contributed by atoms with van der Waals surface area (Å²) in [5.41, 5.74) is 9.79. The van der Waals surface area contributed by atoms with Gasteiger partial charge >= 0.3 is 0 Å². The highest BCUT2D eigenvalue weighted by atomic mass is 35.5. The third kappa shape index (κ3) is 4.90. The first-order valence-corrected chi connectivity index (χ1v) is 10.6. The molecule has 2 nitrogen and oxygen atoms in total. The number of halogens is 1. The Morgan fingerprint density at radius 1 is 0.862 bits per heavy atom. The SMILES string of the molecule is Cc1ccc(C(OC[C@@H](N)CC(C)C)(c2ccccc2)c2ccccc2Cl)cc1. The molecule has 0 saturated carbocycles. The molecule has 29 heavy (non-hydrogen) atoms. The Bertz CT molecular complexity index is 908. The zero-order valence-electron chi connectivity index (χ0n) is 17.4. The molecule has 0 aromatic heterocycles. The minimum absolute atomic E-state index is 0.0500. The van der Waals surface area contributed by atoms with Crippen LogP contribution in [-0.2, 0) is 10.3 Å². The Hall–Kier alpha value is -2.13. The summed E-state index contributed by atoms with van der Waals surface area (Å²) in [6, 6.07) is 26.6. The van der Waals surface area contributed by atoms with Gasteiger partial charge in [-0.2, -0.15) is 0 Å². The maximum atomic E-state index is 6.76. The Labute approximate surface area is 179 Å². The van der Waals surface area contributed by atoms with Crippen molar-refractivity contribution in [3.05, 3.63) is 106 Å². The van der Waals surface area contributed by atoms with E-state index in [1.807, 2.05) is 42.5 Å². The maximum absolute atomic E-state index is 6.76. The Morgan fingerprint density at radius 2 is 1.45 bits per heavy atom. The van der Waals surface area contributed by atoms with Gasteiger partial charge in [-0.3, -0.25) is 0 Å². The minimum atomic E-state index is -0.831. The van der Waals surface area contributed by atoms with Gasteiger partial charge in [0.15, 0.2) is 0 Å². The summed E-state index contributed by atoms with van der Waals surface area (Å²) in [5, 5.41) is 0.675. The van der Waals surface area contributed by atoms with Gasteiger partial charge in [-0.05, 0) is 36.5 Å². The lowest BCUT2D eigenvalue weighted by Gasteiger charge is -2.37. The topological polar surface area (TPSA) is 35.2 Å². The first kappa shape index (κ1) is 21.6. The molecule has 0 aliphatic carbocycles. The van der Waals surface area contributed by atoms with Crippen LogP contribution in [0.5, 0.6) is 0 Å². The molecule has 1 unspecified atom stereocenters. The van der Waals surface area contributed by atoms with Gasteiger partial charge in [0.25, 0.3) is 0 Å². The van der Waals surface area contributed by atoms with E-state index in [-0.39, 0.29) is 6.04 Å². The van der Waals surface area contributed by atoms with Crippen molar-refractivity contribution in [3.8, 4) is 0 Å². The van der Waals surface area contributed by atoms with Crippen molar-refractivity contribution < 1.29 is 4.74 Å². The molecule has 152 valence electrons. The summed E-state index contributed by atoms with van der Waals surface area (Å²) in [6.45, 7) is 6.88. The van der Waals surface area contributed by atoms with E-state index in [1.54, 1.807) is 0 Å². The number of benzene rings is 3. The van der Waals surface area contributed by atoms with E-state index in [0.29, 0.717) is 17.5 Å². The highest BCUT2D eigenvalue weighted by molar-refractivity contribution is 6.31. The average molecular weight is 408 g/mol. The summed E-state index contributed by atoms with van der Waals surface area (Å²) in [7, 11) is 0. The molecule has 0 amide bonds. The molecule has 0 radical (unpaired) electrons. The van der Waals surface area contributed by atoms with Gasteiger partial charge < -0.3 is 10.5 Å². The van der Waals surface area contributed by atoms with E-state index in [9.17, 15) is 0 Å². The predicted octanol–water partition coefficient (Wildman–Crippen LogP) is 6.33. The quantitative estimate of drug-likeness (QED) is 0.443. The molecule has 3 heteroatoms. The molecule has 3 aromatic carbocycles. The van der Waals surface area contributed by atoms with Crippen molar-refractivity contribution >= 4 is 11.6 Å². The summed E-state index contributed by atoms with van der Waals surface area (Å²) < 4.78 is 6.76. The molecule has 2 N–H and O–H groups in total. The number of aryl methyl sites for hydroxylation is 1. The fourth-order valence-corrected chi connectivity index (χ4v) is 4.10. The van der Waals surface area contributed by atoms with Crippen molar-refractivity contribution in [3.63, 3.8) is 0 Å². The van der Waals surface area contributed by atoms with E-state index in [4.69, 9.17) is 22.1 Å². The lowest BCUT2D eigenvalue weighted by Crippen LogP contribution is -2.38. The largest absolute Gasteiger partial charge is 0.359 e. The molecule has 0 spiro atoms. The zero-order chi connectivity index (χ0) is 20.9. The molecule has 0 aliphatic heterocycles. The Balaban J connectivity index is 2.19. The van der Waals surface area contributed by atoms with Gasteiger partial charge in [0, 0.05) is 16.6 Å². The molecule has 2 atom stereocenters. The van der Waals surface area contributed by atoms with Crippen LogP contribution in [0.4, 0.5) is 0 Å². The van der Waals surface area contributed by atoms with Crippen LogP contribution in [0.1, 0.15) is 42.5 Å². The normalized spacial score (nSPS) is 14.6. The van der Waals surface area contributed by atoms with Crippen molar-refractivity contribution in [2.45, 2.75) is 38.8 Å². The predicted molar refractivity (Wildman–Crippen MR) is 122 cm³/mol. The van der Waals surface area contributed by atoms with Crippen molar-refractivity contribution in [2.75, 3.05) is 6.61 Å². The van der Waals surface area contributed by atoms with E-state index in [0.717, 1.165) is 23.1 Å². The molecule has 3 aromatic rings. The zero-order valence-corrected chi connectivity index (χ0v) is 18.2. The smallest absolute Gasteiger partial charge is 0.145 e. The molecule has 0 bridgehead atoms. The van der Waals surface area contributed by atoms with Crippen LogP contribution in [0.25, 0.3) is 0 Å². The Morgan fingerprint density at radius 3 is 2.07 bits per heavy atom. The molecule has 0 heterocycles. The first-order valence-electron chi connectivity index (χ1n) is 10.2. The fourth-order valence-electron chi connectivity index (χ4n) is 3.84. The molecular weight excluding hydrogens is 378 g/mol. The number of hydrogen-bond acceptors (Lipinski definition) is 2. The van der Waals surface area contributed by atoms with Crippen LogP contribution < -0.4 is 5.73 Å². The molecular formula is C26H30ClNO. The summed E-state index contributed by atoms with van der Waals surface area (Å²) >= 11 is 6.73. The second-order valence-corrected chi connectivity index (χ2v) is 8.50.